The number of alkyl halides is 3. The van der Waals surface area contributed by atoms with Crippen LogP contribution in [0.25, 0.3) is 5.57 Å². The first-order valence-corrected chi connectivity index (χ1v) is 14.0. The van der Waals surface area contributed by atoms with Gasteiger partial charge in [-0.1, -0.05) is 36.1 Å². The maximum Gasteiger partial charge on any atom is 0.416 e. The van der Waals surface area contributed by atoms with Gasteiger partial charge in [-0.3, -0.25) is 4.90 Å². The fourth-order valence-corrected chi connectivity index (χ4v) is 4.61. The molecule has 1 unspecified atom stereocenters. The maximum atomic E-state index is 13.2. The maximum absolute atomic E-state index is 13.2. The Hall–Kier alpha value is -4.26. The van der Waals surface area contributed by atoms with Crippen molar-refractivity contribution >= 4 is 11.5 Å². The Morgan fingerprint density at radius 1 is 1.05 bits per heavy atom. The minimum Gasteiger partial charge on any atom is -0.489 e. The van der Waals surface area contributed by atoms with E-state index in [-0.39, 0.29) is 12.7 Å². The summed E-state index contributed by atoms with van der Waals surface area (Å²) in [5.74, 6) is 6.23. The van der Waals surface area contributed by atoms with E-state index in [1.807, 2.05) is 24.3 Å². The largest absolute Gasteiger partial charge is 0.489 e. The smallest absolute Gasteiger partial charge is 0.416 e. The number of benzene rings is 3. The van der Waals surface area contributed by atoms with Crippen molar-refractivity contribution < 1.29 is 37.7 Å². The van der Waals surface area contributed by atoms with Crippen molar-refractivity contribution in [3.8, 4) is 23.3 Å². The summed E-state index contributed by atoms with van der Waals surface area (Å²) in [7, 11) is 0. The third-order valence-electron chi connectivity index (χ3n) is 7.15. The molecular weight excluding hydrogens is 559 g/mol. The molecule has 1 fully saturated rings. The molecule has 1 aliphatic rings. The lowest BCUT2D eigenvalue weighted by Gasteiger charge is -2.27. The summed E-state index contributed by atoms with van der Waals surface area (Å²) in [4.78, 5) is 13.3. The Balaban J connectivity index is 1.50. The normalized spacial score (nSPS) is 15.3. The number of carboxylic acid groups (broad SMARTS) is 1. The van der Waals surface area contributed by atoms with Gasteiger partial charge in [0, 0.05) is 18.7 Å². The molecule has 0 spiro atoms. The Morgan fingerprint density at radius 2 is 1.67 bits per heavy atom. The van der Waals surface area contributed by atoms with Gasteiger partial charge in [-0.2, -0.15) is 13.2 Å². The predicted molar refractivity (Wildman–Crippen MR) is 158 cm³/mol. The van der Waals surface area contributed by atoms with Crippen LogP contribution < -0.4 is 9.47 Å². The van der Waals surface area contributed by atoms with Crippen molar-refractivity contribution in [2.45, 2.75) is 45.1 Å². The van der Waals surface area contributed by atoms with Crippen LogP contribution in [0.1, 0.15) is 47.6 Å². The van der Waals surface area contributed by atoms with Gasteiger partial charge in [0.25, 0.3) is 0 Å². The van der Waals surface area contributed by atoms with E-state index in [9.17, 15) is 23.1 Å². The molecule has 3 aromatic rings. The first kappa shape index (κ1) is 31.7. The third kappa shape index (κ3) is 9.11. The molecule has 3 aromatic carbocycles. The molecule has 1 aliphatic heterocycles. The first-order valence-electron chi connectivity index (χ1n) is 14.0. The Labute approximate surface area is 249 Å². The number of carbonyl (C=O) groups is 1. The van der Waals surface area contributed by atoms with Gasteiger partial charge in [-0.15, -0.1) is 0 Å². The summed E-state index contributed by atoms with van der Waals surface area (Å²) in [5, 5.41) is 18.7. The third-order valence-corrected chi connectivity index (χ3v) is 7.15. The number of rotatable bonds is 9. The molecule has 1 saturated heterocycles. The van der Waals surface area contributed by atoms with Crippen molar-refractivity contribution in [2.75, 3.05) is 26.2 Å². The highest BCUT2D eigenvalue weighted by Crippen LogP contribution is 2.32. The number of carboxylic acids is 1. The fraction of sp³-hybridized carbons (Fsp3) is 0.324. The van der Waals surface area contributed by atoms with E-state index in [1.54, 1.807) is 31.2 Å². The minimum absolute atomic E-state index is 0.133. The highest BCUT2D eigenvalue weighted by Gasteiger charge is 2.30. The second kappa shape index (κ2) is 14.3. The van der Waals surface area contributed by atoms with Gasteiger partial charge in [0.2, 0.25) is 0 Å². The molecule has 0 radical (unpaired) electrons. The molecule has 226 valence electrons. The van der Waals surface area contributed by atoms with E-state index in [1.165, 1.54) is 19.1 Å². The fourth-order valence-electron chi connectivity index (χ4n) is 4.61. The molecule has 0 aromatic heterocycles. The van der Waals surface area contributed by atoms with Gasteiger partial charge >= 0.3 is 12.1 Å². The lowest BCUT2D eigenvalue weighted by atomic mass is 9.96. The first-order chi connectivity index (χ1) is 20.5. The van der Waals surface area contributed by atoms with Crippen LogP contribution >= 0.6 is 0 Å². The van der Waals surface area contributed by atoms with E-state index < -0.39 is 23.8 Å². The average molecular weight is 594 g/mol. The topological polar surface area (TPSA) is 79.2 Å². The van der Waals surface area contributed by atoms with E-state index in [0.717, 1.165) is 49.2 Å². The number of aliphatic hydroxyl groups is 1. The van der Waals surface area contributed by atoms with Crippen molar-refractivity contribution in [3.05, 3.63) is 101 Å². The molecule has 1 atom stereocenters. The van der Waals surface area contributed by atoms with Gasteiger partial charge in [-0.05, 0) is 97.5 Å². The van der Waals surface area contributed by atoms with Gasteiger partial charge in [0.1, 0.15) is 18.1 Å². The number of nitrogens with zero attached hydrogens (tertiary/aromatic N) is 1. The zero-order chi connectivity index (χ0) is 31.0. The highest BCUT2D eigenvalue weighted by atomic mass is 19.4. The lowest BCUT2D eigenvalue weighted by molar-refractivity contribution is -0.144. The van der Waals surface area contributed by atoms with Crippen LogP contribution in [0.15, 0.2) is 72.8 Å². The summed E-state index contributed by atoms with van der Waals surface area (Å²) >= 11 is 0. The van der Waals surface area contributed by atoms with Crippen LogP contribution in [0.4, 0.5) is 13.2 Å². The standard InChI is InChI=1S/C34H34F3NO5/c1-23-22-30(13-14-32(23)43-24(2)33(40)41)42-21-17-31(27-9-11-28(12-10-27)34(35,36)37)26-7-5-25(6-8-26)4-3-18-38-19-15-29(39)16-20-38/h5-14,17,22,24,29,39H,15-16,18-21H2,1-2H3,(H,40,41)/b31-17+. The summed E-state index contributed by atoms with van der Waals surface area (Å²) in [6.45, 7) is 5.61. The molecule has 43 heavy (non-hydrogen) atoms. The second-order valence-corrected chi connectivity index (χ2v) is 10.4. The Morgan fingerprint density at radius 3 is 2.26 bits per heavy atom. The Bertz CT molecular complexity index is 1480. The van der Waals surface area contributed by atoms with Crippen molar-refractivity contribution in [1.29, 1.82) is 0 Å². The second-order valence-electron chi connectivity index (χ2n) is 10.4. The number of ether oxygens (including phenoxy) is 2. The van der Waals surface area contributed by atoms with E-state index in [4.69, 9.17) is 14.6 Å². The highest BCUT2D eigenvalue weighted by molar-refractivity contribution is 5.80. The van der Waals surface area contributed by atoms with Crippen LogP contribution in [0.2, 0.25) is 0 Å². The number of likely N-dealkylation sites (tertiary alicyclic amines) is 1. The monoisotopic (exact) mass is 593 g/mol. The van der Waals surface area contributed by atoms with Crippen LogP contribution in [-0.4, -0.2) is 59.5 Å². The van der Waals surface area contributed by atoms with Gasteiger partial charge in [0.15, 0.2) is 6.10 Å². The predicted octanol–water partition coefficient (Wildman–Crippen LogP) is 6.18. The number of aliphatic hydroxyl groups excluding tert-OH is 1. The van der Waals surface area contributed by atoms with Crippen molar-refractivity contribution in [1.82, 2.24) is 4.90 Å². The van der Waals surface area contributed by atoms with E-state index in [2.05, 4.69) is 16.7 Å². The molecule has 9 heteroatoms. The lowest BCUT2D eigenvalue weighted by Crippen LogP contribution is -2.35. The van der Waals surface area contributed by atoms with Crippen LogP contribution in [0.5, 0.6) is 11.5 Å². The quantitative estimate of drug-likeness (QED) is 0.289. The molecule has 6 nitrogen and oxygen atoms in total. The van der Waals surface area contributed by atoms with E-state index >= 15 is 0 Å². The molecule has 1 heterocycles. The number of aryl methyl sites for hydroxylation is 1. The van der Waals surface area contributed by atoms with E-state index in [0.29, 0.717) is 34.7 Å². The summed E-state index contributed by atoms with van der Waals surface area (Å²) in [6, 6.07) is 17.6. The summed E-state index contributed by atoms with van der Waals surface area (Å²) in [5.41, 5.74) is 2.89. The van der Waals surface area contributed by atoms with Gasteiger partial charge < -0.3 is 19.7 Å². The summed E-state index contributed by atoms with van der Waals surface area (Å²) < 4.78 is 50.9. The van der Waals surface area contributed by atoms with Gasteiger partial charge in [0.05, 0.1) is 18.2 Å². The number of halogens is 3. The summed E-state index contributed by atoms with van der Waals surface area (Å²) in [6.07, 6.45) is -2.35. The molecule has 0 aliphatic carbocycles. The SMILES string of the molecule is Cc1cc(OC/C=C(\c2ccc(C#CCN3CCC(O)CC3)cc2)c2ccc(C(F)(F)F)cc2)ccc1OC(C)C(=O)O. The molecule has 2 N–H and O–H groups in total. The zero-order valence-corrected chi connectivity index (χ0v) is 24.0. The van der Waals surface area contributed by atoms with Crippen LogP contribution in [-0.2, 0) is 11.0 Å². The average Bonchev–Trinajstić information content (AvgIpc) is 2.98. The van der Waals surface area contributed by atoms with Gasteiger partial charge in [-0.25, -0.2) is 4.79 Å². The molecular formula is C34H34F3NO5. The zero-order valence-electron chi connectivity index (χ0n) is 24.0. The Kier molecular flexibility index (Phi) is 10.5. The van der Waals surface area contributed by atoms with Crippen LogP contribution in [0.3, 0.4) is 0 Å². The number of hydrogen-bond acceptors (Lipinski definition) is 5. The number of aliphatic carboxylic acids is 1. The molecule has 0 amide bonds. The molecule has 0 bridgehead atoms. The van der Waals surface area contributed by atoms with Crippen molar-refractivity contribution in [2.24, 2.45) is 0 Å². The van der Waals surface area contributed by atoms with Crippen molar-refractivity contribution in [3.63, 3.8) is 0 Å². The van der Waals surface area contributed by atoms with Crippen LogP contribution in [0, 0.1) is 18.8 Å². The molecule has 0 saturated carbocycles. The number of piperidine rings is 1. The number of hydrogen-bond donors (Lipinski definition) is 2. The minimum atomic E-state index is -4.43. The molecule has 4 rings (SSSR count).